The number of likely N-dealkylation sites (tertiary alicyclic amines) is 1. The number of nitrogens with zero attached hydrogens (tertiary/aromatic N) is 2. The van der Waals surface area contributed by atoms with Gasteiger partial charge in [-0.25, -0.2) is 0 Å². The van der Waals surface area contributed by atoms with Crippen molar-refractivity contribution in [3.05, 3.63) is 34.4 Å². The second-order valence-electron chi connectivity index (χ2n) is 6.45. The summed E-state index contributed by atoms with van der Waals surface area (Å²) < 4.78 is 0. The molecule has 1 aliphatic heterocycles. The SMILES string of the molecule is Cc1cc(C)c(C(CN)N2CCC(N(C)C)C2)cc1C. The Morgan fingerprint density at radius 3 is 2.40 bits per heavy atom. The molecule has 112 valence electrons. The van der Waals surface area contributed by atoms with Crippen LogP contribution in [0.5, 0.6) is 0 Å². The van der Waals surface area contributed by atoms with Crippen molar-refractivity contribution in [2.75, 3.05) is 33.7 Å². The first kappa shape index (κ1) is 15.5. The molecule has 1 aromatic carbocycles. The maximum absolute atomic E-state index is 6.11. The second kappa shape index (κ2) is 6.25. The summed E-state index contributed by atoms with van der Waals surface area (Å²) >= 11 is 0. The fourth-order valence-electron chi connectivity index (χ4n) is 3.29. The first-order chi connectivity index (χ1) is 9.43. The van der Waals surface area contributed by atoms with Crippen molar-refractivity contribution in [1.29, 1.82) is 0 Å². The molecule has 3 heteroatoms. The van der Waals surface area contributed by atoms with Crippen molar-refractivity contribution in [2.45, 2.75) is 39.3 Å². The number of likely N-dealkylation sites (N-methyl/N-ethyl adjacent to an activating group) is 1. The molecule has 20 heavy (non-hydrogen) atoms. The summed E-state index contributed by atoms with van der Waals surface area (Å²) in [6.07, 6.45) is 1.24. The quantitative estimate of drug-likeness (QED) is 0.915. The molecule has 0 aromatic heterocycles. The predicted octanol–water partition coefficient (Wildman–Crippen LogP) is 2.25. The van der Waals surface area contributed by atoms with Crippen molar-refractivity contribution in [1.82, 2.24) is 9.80 Å². The van der Waals surface area contributed by atoms with Crippen LogP contribution >= 0.6 is 0 Å². The minimum Gasteiger partial charge on any atom is -0.329 e. The molecule has 0 saturated carbocycles. The van der Waals surface area contributed by atoms with Crippen LogP contribution in [-0.4, -0.2) is 49.6 Å². The minimum absolute atomic E-state index is 0.360. The Labute approximate surface area is 123 Å². The maximum Gasteiger partial charge on any atom is 0.0473 e. The van der Waals surface area contributed by atoms with Gasteiger partial charge < -0.3 is 10.6 Å². The lowest BCUT2D eigenvalue weighted by Gasteiger charge is -2.29. The summed E-state index contributed by atoms with van der Waals surface area (Å²) in [6.45, 7) is 9.56. The topological polar surface area (TPSA) is 32.5 Å². The largest absolute Gasteiger partial charge is 0.329 e. The van der Waals surface area contributed by atoms with Crippen LogP contribution in [0.4, 0.5) is 0 Å². The molecule has 2 atom stereocenters. The van der Waals surface area contributed by atoms with Gasteiger partial charge in [-0.05, 0) is 63.5 Å². The van der Waals surface area contributed by atoms with Crippen molar-refractivity contribution in [2.24, 2.45) is 5.73 Å². The summed E-state index contributed by atoms with van der Waals surface area (Å²) in [6, 6.07) is 5.66. The summed E-state index contributed by atoms with van der Waals surface area (Å²) in [4.78, 5) is 4.89. The normalized spacial score (nSPS) is 21.6. The van der Waals surface area contributed by atoms with Gasteiger partial charge in [0.25, 0.3) is 0 Å². The molecule has 3 nitrogen and oxygen atoms in total. The third kappa shape index (κ3) is 3.05. The monoisotopic (exact) mass is 275 g/mol. The molecule has 1 heterocycles. The molecular weight excluding hydrogens is 246 g/mol. The standard InChI is InChI=1S/C17H29N3/c1-12-8-14(3)16(9-13(12)2)17(10-18)20-7-6-15(11-20)19(4)5/h8-9,15,17H,6-7,10-11,18H2,1-5H3. The molecule has 2 unspecified atom stereocenters. The molecular formula is C17H29N3. The van der Waals surface area contributed by atoms with Crippen molar-refractivity contribution >= 4 is 0 Å². The molecule has 2 N–H and O–H groups in total. The van der Waals surface area contributed by atoms with Crippen LogP contribution in [-0.2, 0) is 0 Å². The van der Waals surface area contributed by atoms with E-state index in [-0.39, 0.29) is 0 Å². The van der Waals surface area contributed by atoms with Gasteiger partial charge in [-0.2, -0.15) is 0 Å². The molecule has 1 saturated heterocycles. The average Bonchev–Trinajstić information content (AvgIpc) is 2.86. The Morgan fingerprint density at radius 2 is 1.85 bits per heavy atom. The van der Waals surface area contributed by atoms with Gasteiger partial charge in [-0.1, -0.05) is 12.1 Å². The van der Waals surface area contributed by atoms with Crippen molar-refractivity contribution < 1.29 is 0 Å². The highest BCUT2D eigenvalue weighted by atomic mass is 15.2. The number of rotatable bonds is 4. The molecule has 0 bridgehead atoms. The third-order valence-electron chi connectivity index (χ3n) is 4.83. The lowest BCUT2D eigenvalue weighted by atomic mass is 9.95. The van der Waals surface area contributed by atoms with Gasteiger partial charge in [0.15, 0.2) is 0 Å². The number of nitrogens with two attached hydrogens (primary N) is 1. The first-order valence-corrected chi connectivity index (χ1v) is 7.62. The number of benzene rings is 1. The zero-order valence-electron chi connectivity index (χ0n) is 13.6. The Bertz CT molecular complexity index is 468. The van der Waals surface area contributed by atoms with Gasteiger partial charge in [0.1, 0.15) is 0 Å². The van der Waals surface area contributed by atoms with Crippen LogP contribution in [0.25, 0.3) is 0 Å². The van der Waals surface area contributed by atoms with E-state index in [0.29, 0.717) is 18.6 Å². The van der Waals surface area contributed by atoms with Crippen LogP contribution in [0.2, 0.25) is 0 Å². The van der Waals surface area contributed by atoms with Crippen LogP contribution in [0.3, 0.4) is 0 Å². The van der Waals surface area contributed by atoms with Gasteiger partial charge in [-0.3, -0.25) is 4.90 Å². The van der Waals surface area contributed by atoms with Crippen LogP contribution in [0.15, 0.2) is 12.1 Å². The zero-order valence-corrected chi connectivity index (χ0v) is 13.6. The molecule has 2 rings (SSSR count). The maximum atomic E-state index is 6.11. The van der Waals surface area contributed by atoms with E-state index in [0.717, 1.165) is 13.1 Å². The van der Waals surface area contributed by atoms with Crippen molar-refractivity contribution in [3.8, 4) is 0 Å². The van der Waals surface area contributed by atoms with Crippen LogP contribution in [0, 0.1) is 20.8 Å². The average molecular weight is 275 g/mol. The van der Waals surface area contributed by atoms with Crippen molar-refractivity contribution in [3.63, 3.8) is 0 Å². The highest BCUT2D eigenvalue weighted by molar-refractivity contribution is 5.38. The van der Waals surface area contributed by atoms with E-state index in [1.54, 1.807) is 0 Å². The van der Waals surface area contributed by atoms with E-state index in [9.17, 15) is 0 Å². The molecule has 1 aliphatic rings. The Balaban J connectivity index is 2.23. The smallest absolute Gasteiger partial charge is 0.0473 e. The van der Waals surface area contributed by atoms with E-state index in [2.05, 4.69) is 56.8 Å². The van der Waals surface area contributed by atoms with Gasteiger partial charge >= 0.3 is 0 Å². The number of hydrogen-bond donors (Lipinski definition) is 1. The predicted molar refractivity (Wildman–Crippen MR) is 86.1 cm³/mol. The fourth-order valence-corrected chi connectivity index (χ4v) is 3.29. The third-order valence-corrected chi connectivity index (χ3v) is 4.83. The minimum atomic E-state index is 0.360. The lowest BCUT2D eigenvalue weighted by Crippen LogP contribution is -2.36. The Hall–Kier alpha value is -0.900. The van der Waals surface area contributed by atoms with E-state index in [4.69, 9.17) is 5.73 Å². The number of hydrogen-bond acceptors (Lipinski definition) is 3. The van der Waals surface area contributed by atoms with E-state index in [1.807, 2.05) is 0 Å². The Kier molecular flexibility index (Phi) is 4.84. The summed E-state index contributed by atoms with van der Waals surface area (Å²) in [5.74, 6) is 0. The van der Waals surface area contributed by atoms with Gasteiger partial charge in [0.05, 0.1) is 0 Å². The molecule has 1 fully saturated rings. The number of aryl methyl sites for hydroxylation is 3. The van der Waals surface area contributed by atoms with Gasteiger partial charge in [0.2, 0.25) is 0 Å². The summed E-state index contributed by atoms with van der Waals surface area (Å²) in [5, 5.41) is 0. The molecule has 0 aliphatic carbocycles. The van der Waals surface area contributed by atoms with Gasteiger partial charge in [-0.15, -0.1) is 0 Å². The highest BCUT2D eigenvalue weighted by Crippen LogP contribution is 2.29. The summed E-state index contributed by atoms with van der Waals surface area (Å²) in [7, 11) is 4.35. The fraction of sp³-hybridized carbons (Fsp3) is 0.647. The van der Waals surface area contributed by atoms with Crippen LogP contribution < -0.4 is 5.73 Å². The van der Waals surface area contributed by atoms with Crippen LogP contribution in [0.1, 0.15) is 34.7 Å². The Morgan fingerprint density at radius 1 is 1.20 bits per heavy atom. The summed E-state index contributed by atoms with van der Waals surface area (Å²) in [5.41, 5.74) is 11.6. The lowest BCUT2D eigenvalue weighted by molar-refractivity contribution is 0.220. The zero-order chi connectivity index (χ0) is 14.9. The molecule has 1 aromatic rings. The van der Waals surface area contributed by atoms with E-state index >= 15 is 0 Å². The van der Waals surface area contributed by atoms with E-state index < -0.39 is 0 Å². The van der Waals surface area contributed by atoms with Gasteiger partial charge in [0, 0.05) is 31.7 Å². The highest BCUT2D eigenvalue weighted by Gasteiger charge is 2.30. The first-order valence-electron chi connectivity index (χ1n) is 7.62. The molecule has 0 radical (unpaired) electrons. The van der Waals surface area contributed by atoms with E-state index in [1.165, 1.54) is 28.7 Å². The molecule has 0 spiro atoms. The molecule has 0 amide bonds. The second-order valence-corrected chi connectivity index (χ2v) is 6.45.